The van der Waals surface area contributed by atoms with Crippen molar-refractivity contribution in [1.29, 1.82) is 0 Å². The molecule has 2 aromatic carbocycles. The Kier molecular flexibility index (Phi) is 5.40. The normalized spacial score (nSPS) is 10.8. The quantitative estimate of drug-likeness (QED) is 0.446. The SMILES string of the molecule is COc1ccc(C(=O)N/N=C\c2ccc(-c3ccccc3C(=O)O)o2)c(O)c1. The highest BCUT2D eigenvalue weighted by molar-refractivity contribution is 5.97. The van der Waals surface area contributed by atoms with Crippen LogP contribution in [-0.2, 0) is 0 Å². The van der Waals surface area contributed by atoms with Gasteiger partial charge in [-0.05, 0) is 30.3 Å². The summed E-state index contributed by atoms with van der Waals surface area (Å²) in [7, 11) is 1.45. The average molecular weight is 380 g/mol. The van der Waals surface area contributed by atoms with Crippen LogP contribution in [0.15, 0.2) is 64.1 Å². The van der Waals surface area contributed by atoms with Crippen molar-refractivity contribution in [3.05, 3.63) is 71.5 Å². The highest BCUT2D eigenvalue weighted by Gasteiger charge is 2.14. The van der Waals surface area contributed by atoms with Gasteiger partial charge in [-0.25, -0.2) is 10.2 Å². The fraction of sp³-hybridized carbons (Fsp3) is 0.0500. The number of phenolic OH excluding ortho intramolecular Hbond substituents is 1. The molecule has 3 rings (SSSR count). The van der Waals surface area contributed by atoms with Crippen LogP contribution >= 0.6 is 0 Å². The Balaban J connectivity index is 1.71. The molecular weight excluding hydrogens is 364 g/mol. The number of rotatable bonds is 6. The molecule has 1 amide bonds. The van der Waals surface area contributed by atoms with Crippen LogP contribution in [0.1, 0.15) is 26.5 Å². The molecule has 0 radical (unpaired) electrons. The van der Waals surface area contributed by atoms with Gasteiger partial charge in [0, 0.05) is 11.6 Å². The minimum absolute atomic E-state index is 0.0356. The largest absolute Gasteiger partial charge is 0.507 e. The summed E-state index contributed by atoms with van der Waals surface area (Å²) in [6.07, 6.45) is 1.27. The number of aromatic hydroxyl groups is 1. The second-order valence-electron chi connectivity index (χ2n) is 5.63. The van der Waals surface area contributed by atoms with E-state index in [1.165, 1.54) is 37.6 Å². The molecule has 3 N–H and O–H groups in total. The molecule has 0 saturated carbocycles. The Bertz CT molecular complexity index is 1050. The summed E-state index contributed by atoms with van der Waals surface area (Å²) in [5.41, 5.74) is 2.86. The van der Waals surface area contributed by atoms with Crippen molar-refractivity contribution in [2.24, 2.45) is 5.10 Å². The number of hydrogen-bond donors (Lipinski definition) is 3. The van der Waals surface area contributed by atoms with Crippen molar-refractivity contribution in [2.45, 2.75) is 0 Å². The molecule has 1 heterocycles. The van der Waals surface area contributed by atoms with E-state index in [1.54, 1.807) is 30.3 Å². The van der Waals surface area contributed by atoms with Gasteiger partial charge >= 0.3 is 5.97 Å². The molecule has 0 aliphatic carbocycles. The standard InChI is InChI=1S/C20H16N2O6/c1-27-12-6-8-16(17(23)10-12)19(24)22-21-11-13-7-9-18(28-13)14-4-2-3-5-15(14)20(25)26/h2-11,23H,1H3,(H,22,24)(H,25,26)/b21-11-. The Labute approximate surface area is 159 Å². The number of carbonyl (C=O) groups is 2. The first-order valence-electron chi connectivity index (χ1n) is 8.12. The molecule has 142 valence electrons. The number of carbonyl (C=O) groups excluding carboxylic acids is 1. The number of carboxylic acids is 1. The van der Waals surface area contributed by atoms with Gasteiger partial charge in [0.2, 0.25) is 0 Å². The third-order valence-corrected chi connectivity index (χ3v) is 3.86. The van der Waals surface area contributed by atoms with Gasteiger partial charge in [0.15, 0.2) is 0 Å². The molecule has 1 aromatic heterocycles. The minimum Gasteiger partial charge on any atom is -0.507 e. The molecular formula is C20H16N2O6. The van der Waals surface area contributed by atoms with Crippen LogP contribution in [0.5, 0.6) is 11.5 Å². The number of nitrogens with zero attached hydrogens (tertiary/aromatic N) is 1. The summed E-state index contributed by atoms with van der Waals surface area (Å²) in [6, 6.07) is 13.9. The average Bonchev–Trinajstić information content (AvgIpc) is 3.16. The van der Waals surface area contributed by atoms with E-state index in [4.69, 9.17) is 9.15 Å². The number of phenols is 1. The second kappa shape index (κ2) is 8.09. The van der Waals surface area contributed by atoms with Gasteiger partial charge in [0.25, 0.3) is 5.91 Å². The minimum atomic E-state index is -1.06. The van der Waals surface area contributed by atoms with Crippen molar-refractivity contribution in [3.8, 4) is 22.8 Å². The zero-order valence-electron chi connectivity index (χ0n) is 14.7. The van der Waals surface area contributed by atoms with Crippen LogP contribution in [0.4, 0.5) is 0 Å². The lowest BCUT2D eigenvalue weighted by Gasteiger charge is -2.05. The smallest absolute Gasteiger partial charge is 0.336 e. The first-order valence-corrected chi connectivity index (χ1v) is 8.12. The maximum Gasteiger partial charge on any atom is 0.336 e. The van der Waals surface area contributed by atoms with Gasteiger partial charge in [-0.1, -0.05) is 18.2 Å². The molecule has 3 aromatic rings. The molecule has 0 aliphatic heterocycles. The number of hydrogen-bond acceptors (Lipinski definition) is 6. The molecule has 0 aliphatic rings. The van der Waals surface area contributed by atoms with Crippen LogP contribution in [0.2, 0.25) is 0 Å². The highest BCUT2D eigenvalue weighted by Crippen LogP contribution is 2.26. The topological polar surface area (TPSA) is 121 Å². The number of hydrazone groups is 1. The lowest BCUT2D eigenvalue weighted by atomic mass is 10.1. The fourth-order valence-electron chi connectivity index (χ4n) is 2.50. The number of aromatic carboxylic acids is 1. The lowest BCUT2D eigenvalue weighted by Crippen LogP contribution is -2.17. The molecule has 8 nitrogen and oxygen atoms in total. The van der Waals surface area contributed by atoms with E-state index in [9.17, 15) is 19.8 Å². The number of methoxy groups -OCH3 is 1. The number of ether oxygens (including phenoxy) is 1. The monoisotopic (exact) mass is 380 g/mol. The third-order valence-electron chi connectivity index (χ3n) is 3.86. The van der Waals surface area contributed by atoms with Gasteiger partial charge in [0.1, 0.15) is 23.0 Å². The van der Waals surface area contributed by atoms with Crippen molar-refractivity contribution < 1.29 is 29.0 Å². The van der Waals surface area contributed by atoms with E-state index in [0.717, 1.165) is 0 Å². The van der Waals surface area contributed by atoms with Crippen LogP contribution in [0.3, 0.4) is 0 Å². The number of amides is 1. The highest BCUT2D eigenvalue weighted by atomic mass is 16.5. The van der Waals surface area contributed by atoms with Crippen LogP contribution in [0, 0.1) is 0 Å². The Morgan fingerprint density at radius 2 is 1.89 bits per heavy atom. The first kappa shape index (κ1) is 18.7. The van der Waals surface area contributed by atoms with Crippen molar-refractivity contribution in [1.82, 2.24) is 5.43 Å². The molecule has 0 spiro atoms. The van der Waals surface area contributed by atoms with Crippen LogP contribution in [-0.4, -0.2) is 35.4 Å². The van der Waals surface area contributed by atoms with Crippen molar-refractivity contribution >= 4 is 18.1 Å². The summed E-state index contributed by atoms with van der Waals surface area (Å²) >= 11 is 0. The lowest BCUT2D eigenvalue weighted by molar-refractivity contribution is 0.0697. The van der Waals surface area contributed by atoms with E-state index in [0.29, 0.717) is 22.8 Å². The Morgan fingerprint density at radius 3 is 2.61 bits per heavy atom. The van der Waals surface area contributed by atoms with Gasteiger partial charge in [-0.15, -0.1) is 0 Å². The summed E-state index contributed by atoms with van der Waals surface area (Å²) in [6.45, 7) is 0. The van der Waals surface area contributed by atoms with E-state index in [1.807, 2.05) is 0 Å². The molecule has 8 heteroatoms. The predicted molar refractivity (Wildman–Crippen MR) is 101 cm³/mol. The number of furan rings is 1. The van der Waals surface area contributed by atoms with Crippen LogP contribution in [0.25, 0.3) is 11.3 Å². The van der Waals surface area contributed by atoms with Gasteiger partial charge in [-0.3, -0.25) is 4.79 Å². The predicted octanol–water partition coefficient (Wildman–Crippen LogP) is 3.12. The van der Waals surface area contributed by atoms with Gasteiger partial charge < -0.3 is 19.4 Å². The molecule has 0 unspecified atom stereocenters. The zero-order chi connectivity index (χ0) is 20.1. The molecule has 0 fully saturated rings. The number of benzene rings is 2. The summed E-state index contributed by atoms with van der Waals surface area (Å²) in [5, 5.41) is 22.9. The van der Waals surface area contributed by atoms with E-state index >= 15 is 0 Å². The molecule has 28 heavy (non-hydrogen) atoms. The Hall–Kier alpha value is -4.07. The maximum absolute atomic E-state index is 12.1. The molecule has 0 bridgehead atoms. The molecule has 0 atom stereocenters. The van der Waals surface area contributed by atoms with Crippen LogP contribution < -0.4 is 10.2 Å². The first-order chi connectivity index (χ1) is 13.5. The van der Waals surface area contributed by atoms with Gasteiger partial charge in [0.05, 0.1) is 24.5 Å². The van der Waals surface area contributed by atoms with E-state index in [2.05, 4.69) is 10.5 Å². The van der Waals surface area contributed by atoms with Crippen molar-refractivity contribution in [2.75, 3.05) is 7.11 Å². The van der Waals surface area contributed by atoms with Crippen molar-refractivity contribution in [3.63, 3.8) is 0 Å². The summed E-state index contributed by atoms with van der Waals surface area (Å²) in [5.74, 6) is -0.818. The van der Waals surface area contributed by atoms with E-state index < -0.39 is 11.9 Å². The third kappa shape index (κ3) is 4.01. The number of carboxylic acid groups (broad SMARTS) is 1. The zero-order valence-corrected chi connectivity index (χ0v) is 14.7. The van der Waals surface area contributed by atoms with E-state index in [-0.39, 0.29) is 16.9 Å². The fourth-order valence-corrected chi connectivity index (χ4v) is 2.50. The summed E-state index contributed by atoms with van der Waals surface area (Å²) in [4.78, 5) is 23.4. The summed E-state index contributed by atoms with van der Waals surface area (Å²) < 4.78 is 10.5. The molecule has 0 saturated heterocycles. The maximum atomic E-state index is 12.1. The number of nitrogens with one attached hydrogen (secondary N) is 1. The Morgan fingerprint density at radius 1 is 1.11 bits per heavy atom. The second-order valence-corrected chi connectivity index (χ2v) is 5.63. The van der Waals surface area contributed by atoms with Gasteiger partial charge in [-0.2, -0.15) is 5.10 Å².